The van der Waals surface area contributed by atoms with Gasteiger partial charge in [0.25, 0.3) is 4.84 Å². The topological polar surface area (TPSA) is 53.9 Å². The minimum absolute atomic E-state index is 0.261. The van der Waals surface area contributed by atoms with E-state index in [4.69, 9.17) is 26.1 Å². The van der Waals surface area contributed by atoms with Crippen LogP contribution in [0.15, 0.2) is 22.6 Å². The van der Waals surface area contributed by atoms with Gasteiger partial charge in [-0.15, -0.1) is 5.10 Å². The second-order valence-electron chi connectivity index (χ2n) is 7.60. The van der Waals surface area contributed by atoms with Crippen LogP contribution in [0.25, 0.3) is 11.5 Å². The molecule has 1 aliphatic carbocycles. The second kappa shape index (κ2) is 6.70. The zero-order chi connectivity index (χ0) is 17.5. The lowest BCUT2D eigenvalue weighted by atomic mass is 9.78. The number of ether oxygens (including phenoxy) is 2. The normalized spacial score (nSPS) is 27.3. The first kappa shape index (κ1) is 16.3. The number of nitrogens with zero attached hydrogens (tertiary/aromatic N) is 2. The summed E-state index contributed by atoms with van der Waals surface area (Å²) in [5.74, 6) is 2.91. The molecule has 1 aromatic carbocycles. The first-order valence-electron chi connectivity index (χ1n) is 9.60. The molecule has 0 radical (unpaired) electrons. The van der Waals surface area contributed by atoms with E-state index in [0.29, 0.717) is 10.7 Å². The first-order chi connectivity index (χ1) is 12.8. The molecule has 1 aromatic heterocycles. The van der Waals surface area contributed by atoms with Gasteiger partial charge in [0, 0.05) is 11.5 Å². The van der Waals surface area contributed by atoms with E-state index in [-0.39, 0.29) is 6.79 Å². The number of piperidine rings is 1. The number of quaternary nitrogens is 1. The minimum atomic E-state index is 0.261. The van der Waals surface area contributed by atoms with Crippen molar-refractivity contribution in [3.63, 3.8) is 0 Å². The van der Waals surface area contributed by atoms with Crippen LogP contribution < -0.4 is 14.4 Å². The largest absolute Gasteiger partial charge is 0.454 e. The Hall–Kier alpha value is -1.86. The summed E-state index contributed by atoms with van der Waals surface area (Å²) in [6, 6.07) is 6.48. The summed E-state index contributed by atoms with van der Waals surface area (Å²) in [5.41, 5.74) is 0.864. The van der Waals surface area contributed by atoms with E-state index in [0.717, 1.165) is 35.7 Å². The van der Waals surface area contributed by atoms with Gasteiger partial charge in [-0.3, -0.25) is 0 Å². The van der Waals surface area contributed by atoms with Crippen LogP contribution in [0.4, 0.5) is 0 Å². The third-order valence-electron chi connectivity index (χ3n) is 6.08. The maximum absolute atomic E-state index is 5.80. The number of hydrogen-bond donors (Lipinski definition) is 1. The van der Waals surface area contributed by atoms with Gasteiger partial charge in [0.2, 0.25) is 12.7 Å². The average molecular weight is 374 g/mol. The number of fused-ring (bicyclic) bond motifs is 2. The molecule has 3 heterocycles. The number of likely N-dealkylation sites (tertiary alicyclic amines) is 1. The third-order valence-corrected chi connectivity index (χ3v) is 6.38. The summed E-state index contributed by atoms with van der Waals surface area (Å²) in [6.45, 7) is 2.26. The monoisotopic (exact) mass is 374 g/mol. The van der Waals surface area contributed by atoms with Crippen molar-refractivity contribution in [2.24, 2.45) is 5.92 Å². The molecule has 1 N–H and O–H groups in total. The Labute approximate surface area is 157 Å². The summed E-state index contributed by atoms with van der Waals surface area (Å²) in [7, 11) is 0. The van der Waals surface area contributed by atoms with Gasteiger partial charge in [0.1, 0.15) is 0 Å². The van der Waals surface area contributed by atoms with Crippen LogP contribution in [0.2, 0.25) is 0 Å². The SMILES string of the molecule is S=c1oc(-c2ccc3c(c2)OCO3)nn1C[NH+]1CCC[C@@H]2CCCC[C@@H]21. The van der Waals surface area contributed by atoms with Gasteiger partial charge in [-0.2, -0.15) is 4.68 Å². The van der Waals surface area contributed by atoms with Crippen LogP contribution in [0.1, 0.15) is 38.5 Å². The number of benzene rings is 1. The van der Waals surface area contributed by atoms with Crippen LogP contribution in [-0.4, -0.2) is 29.2 Å². The highest BCUT2D eigenvalue weighted by Crippen LogP contribution is 2.35. The lowest BCUT2D eigenvalue weighted by molar-refractivity contribution is -0.958. The molecule has 3 atom stereocenters. The minimum Gasteiger partial charge on any atom is -0.454 e. The summed E-state index contributed by atoms with van der Waals surface area (Å²) in [4.78, 5) is 2.06. The summed E-state index contributed by atoms with van der Waals surface area (Å²) >= 11 is 5.45. The van der Waals surface area contributed by atoms with Crippen molar-refractivity contribution in [3.05, 3.63) is 23.0 Å². The van der Waals surface area contributed by atoms with Gasteiger partial charge in [-0.05, 0) is 62.5 Å². The van der Waals surface area contributed by atoms with Crippen LogP contribution in [0, 0.1) is 10.8 Å². The van der Waals surface area contributed by atoms with Crippen LogP contribution in [0.3, 0.4) is 0 Å². The van der Waals surface area contributed by atoms with E-state index in [1.54, 1.807) is 4.90 Å². The van der Waals surface area contributed by atoms with E-state index >= 15 is 0 Å². The fourth-order valence-electron chi connectivity index (χ4n) is 4.81. The maximum Gasteiger partial charge on any atom is 0.292 e. The van der Waals surface area contributed by atoms with Gasteiger partial charge >= 0.3 is 0 Å². The Balaban J connectivity index is 1.38. The Bertz CT molecular complexity index is 860. The standard InChI is InChI=1S/C19H23N3O3S/c26-19-22(11-21-9-3-5-13-4-1-2-6-15(13)21)20-18(25-19)14-7-8-16-17(10-14)24-12-23-16/h7-8,10,13,15H,1-6,9,11-12H2/p+1/t13-,15-/m0/s1. The van der Waals surface area contributed by atoms with Gasteiger partial charge < -0.3 is 18.8 Å². The van der Waals surface area contributed by atoms with Crippen molar-refractivity contribution in [2.75, 3.05) is 13.3 Å². The van der Waals surface area contributed by atoms with E-state index in [2.05, 4.69) is 5.10 Å². The molecule has 5 rings (SSSR count). The molecule has 2 fully saturated rings. The molecule has 3 aliphatic rings. The van der Waals surface area contributed by atoms with Crippen LogP contribution >= 0.6 is 12.2 Å². The van der Waals surface area contributed by atoms with Crippen LogP contribution in [-0.2, 0) is 6.67 Å². The second-order valence-corrected chi connectivity index (χ2v) is 7.95. The number of hydrogen-bond acceptors (Lipinski definition) is 5. The molecule has 1 saturated heterocycles. The highest BCUT2D eigenvalue weighted by atomic mass is 32.1. The van der Waals surface area contributed by atoms with Gasteiger partial charge in [0.15, 0.2) is 18.2 Å². The molecule has 2 aromatic rings. The van der Waals surface area contributed by atoms with E-state index in [9.17, 15) is 0 Å². The lowest BCUT2D eigenvalue weighted by Crippen LogP contribution is -3.17. The fourth-order valence-corrected chi connectivity index (χ4v) is 4.99. The molecule has 138 valence electrons. The molecule has 2 aliphatic heterocycles. The molecule has 0 amide bonds. The Morgan fingerprint density at radius 1 is 1.12 bits per heavy atom. The van der Waals surface area contributed by atoms with Gasteiger partial charge in [-0.1, -0.05) is 6.42 Å². The molecule has 1 saturated carbocycles. The first-order valence-corrected chi connectivity index (χ1v) is 10.0. The number of nitrogens with one attached hydrogen (secondary N) is 1. The van der Waals surface area contributed by atoms with Crippen molar-refractivity contribution in [1.29, 1.82) is 0 Å². The predicted octanol–water partition coefficient (Wildman–Crippen LogP) is 2.80. The molecule has 7 heteroatoms. The summed E-state index contributed by atoms with van der Waals surface area (Å²) < 4.78 is 18.5. The zero-order valence-corrected chi connectivity index (χ0v) is 15.6. The fraction of sp³-hybridized carbons (Fsp3) is 0.579. The summed E-state index contributed by atoms with van der Waals surface area (Å²) in [6.07, 6.45) is 8.17. The predicted molar refractivity (Wildman–Crippen MR) is 97.7 cm³/mol. The van der Waals surface area contributed by atoms with E-state index in [1.807, 2.05) is 22.9 Å². The van der Waals surface area contributed by atoms with Crippen molar-refractivity contribution < 1.29 is 18.8 Å². The van der Waals surface area contributed by atoms with Crippen molar-refractivity contribution in [3.8, 4) is 23.0 Å². The number of rotatable bonds is 3. The molecule has 6 nitrogen and oxygen atoms in total. The van der Waals surface area contributed by atoms with Crippen molar-refractivity contribution >= 4 is 12.2 Å². The Kier molecular flexibility index (Phi) is 4.21. The highest BCUT2D eigenvalue weighted by Gasteiger charge is 2.36. The van der Waals surface area contributed by atoms with Gasteiger partial charge in [-0.25, -0.2) is 0 Å². The third kappa shape index (κ3) is 2.93. The smallest absolute Gasteiger partial charge is 0.292 e. The summed E-state index contributed by atoms with van der Waals surface area (Å²) in [5, 5.41) is 4.67. The maximum atomic E-state index is 5.80. The molecular weight excluding hydrogens is 350 g/mol. The number of aromatic nitrogens is 2. The van der Waals surface area contributed by atoms with Gasteiger partial charge in [0.05, 0.1) is 12.6 Å². The molecule has 1 unspecified atom stereocenters. The Morgan fingerprint density at radius 2 is 1.96 bits per heavy atom. The van der Waals surface area contributed by atoms with E-state index in [1.165, 1.54) is 45.1 Å². The highest BCUT2D eigenvalue weighted by molar-refractivity contribution is 7.71. The average Bonchev–Trinajstić information content (AvgIpc) is 3.28. The van der Waals surface area contributed by atoms with E-state index < -0.39 is 0 Å². The molecule has 0 bridgehead atoms. The lowest BCUT2D eigenvalue weighted by Gasteiger charge is -2.40. The Morgan fingerprint density at radius 3 is 2.92 bits per heavy atom. The molecule has 0 spiro atoms. The van der Waals surface area contributed by atoms with Crippen molar-refractivity contribution in [2.45, 2.75) is 51.2 Å². The van der Waals surface area contributed by atoms with Crippen molar-refractivity contribution in [1.82, 2.24) is 9.78 Å². The molecular formula is C19H24N3O3S+. The quantitative estimate of drug-likeness (QED) is 0.838. The zero-order valence-electron chi connectivity index (χ0n) is 14.8. The van der Waals surface area contributed by atoms with Crippen LogP contribution in [0.5, 0.6) is 11.5 Å². The molecule has 26 heavy (non-hydrogen) atoms.